The Balaban J connectivity index is 1.68. The topological polar surface area (TPSA) is 58.1 Å². The Labute approximate surface area is 133 Å². The number of carbonyl (C=O) groups excluding carboxylic acids is 1. The predicted octanol–water partition coefficient (Wildman–Crippen LogP) is 2.26. The van der Waals surface area contributed by atoms with E-state index in [0.717, 1.165) is 25.8 Å². The van der Waals surface area contributed by atoms with Gasteiger partial charge in [-0.05, 0) is 37.8 Å². The van der Waals surface area contributed by atoms with Crippen LogP contribution in [-0.2, 0) is 0 Å². The number of alkyl halides is 3. The van der Waals surface area contributed by atoms with Crippen LogP contribution < -0.4 is 5.32 Å². The largest absolute Gasteiger partial charge is 0.390 e. The lowest BCUT2D eigenvalue weighted by atomic mass is 9.94. The van der Waals surface area contributed by atoms with Crippen molar-refractivity contribution in [1.82, 2.24) is 20.2 Å². The van der Waals surface area contributed by atoms with Crippen molar-refractivity contribution in [2.75, 3.05) is 26.2 Å². The maximum Gasteiger partial charge on any atom is 0.390 e. The molecule has 5 nitrogen and oxygen atoms in total. The molecule has 0 aromatic carbocycles. The Hall–Kier alpha value is -1.70. The van der Waals surface area contributed by atoms with E-state index in [-0.39, 0.29) is 12.5 Å². The van der Waals surface area contributed by atoms with Crippen molar-refractivity contribution in [1.29, 1.82) is 0 Å². The Morgan fingerprint density at radius 2 is 2.26 bits per heavy atom. The van der Waals surface area contributed by atoms with Gasteiger partial charge in [-0.1, -0.05) is 0 Å². The Morgan fingerprint density at radius 1 is 1.43 bits per heavy atom. The zero-order chi connectivity index (χ0) is 16.7. The number of rotatable bonds is 6. The molecule has 1 atom stereocenters. The number of nitrogens with one attached hydrogen (secondary N) is 1. The molecule has 1 aliphatic heterocycles. The second-order valence-corrected chi connectivity index (χ2v) is 5.81. The molecule has 0 saturated carbocycles. The highest BCUT2D eigenvalue weighted by atomic mass is 19.4. The van der Waals surface area contributed by atoms with E-state index in [9.17, 15) is 18.0 Å². The van der Waals surface area contributed by atoms with E-state index in [4.69, 9.17) is 0 Å². The molecule has 8 heteroatoms. The average Bonchev–Trinajstić information content (AvgIpc) is 2.53. The molecular weight excluding hydrogens is 309 g/mol. The molecule has 0 radical (unpaired) electrons. The second-order valence-electron chi connectivity index (χ2n) is 5.81. The highest BCUT2D eigenvalue weighted by Gasteiger charge is 2.29. The predicted molar refractivity (Wildman–Crippen MR) is 78.8 cm³/mol. The molecule has 128 valence electrons. The van der Waals surface area contributed by atoms with Gasteiger partial charge in [0.1, 0.15) is 12.0 Å². The van der Waals surface area contributed by atoms with Crippen molar-refractivity contribution in [3.05, 3.63) is 24.3 Å². The van der Waals surface area contributed by atoms with Crippen LogP contribution in [0.15, 0.2) is 18.6 Å². The molecule has 0 unspecified atom stereocenters. The van der Waals surface area contributed by atoms with Gasteiger partial charge in [0.2, 0.25) is 0 Å². The molecule has 1 saturated heterocycles. The number of halogens is 3. The smallest absolute Gasteiger partial charge is 0.351 e. The van der Waals surface area contributed by atoms with Gasteiger partial charge in [-0.2, -0.15) is 13.2 Å². The fraction of sp³-hybridized carbons (Fsp3) is 0.667. The Kier molecular flexibility index (Phi) is 6.32. The number of amides is 1. The first kappa shape index (κ1) is 17.7. The van der Waals surface area contributed by atoms with Gasteiger partial charge in [0.05, 0.1) is 6.42 Å². The summed E-state index contributed by atoms with van der Waals surface area (Å²) in [6, 6.07) is 1.54. The first-order valence-corrected chi connectivity index (χ1v) is 7.77. The number of hydrogen-bond acceptors (Lipinski definition) is 4. The van der Waals surface area contributed by atoms with Crippen LogP contribution in [0.5, 0.6) is 0 Å². The highest BCUT2D eigenvalue weighted by Crippen LogP contribution is 2.23. The monoisotopic (exact) mass is 330 g/mol. The van der Waals surface area contributed by atoms with Gasteiger partial charge < -0.3 is 10.2 Å². The minimum atomic E-state index is -4.10. The maximum atomic E-state index is 12.3. The fourth-order valence-electron chi connectivity index (χ4n) is 2.78. The van der Waals surface area contributed by atoms with Crippen molar-refractivity contribution in [3.63, 3.8) is 0 Å². The summed E-state index contributed by atoms with van der Waals surface area (Å²) in [7, 11) is 0. The van der Waals surface area contributed by atoms with E-state index in [2.05, 4.69) is 15.3 Å². The summed E-state index contributed by atoms with van der Waals surface area (Å²) in [4.78, 5) is 21.3. The van der Waals surface area contributed by atoms with Crippen LogP contribution in [-0.4, -0.2) is 53.1 Å². The van der Waals surface area contributed by atoms with Gasteiger partial charge in [0, 0.05) is 25.8 Å². The zero-order valence-electron chi connectivity index (χ0n) is 12.9. The minimum Gasteiger partial charge on any atom is -0.351 e. The van der Waals surface area contributed by atoms with Gasteiger partial charge in [0.25, 0.3) is 5.91 Å². The standard InChI is InChI=1S/C15H21F3N4O/c16-15(17,18)5-9-22-8-1-2-12(10-22)3-7-20-14(23)13-4-6-19-11-21-13/h4,6,11-12H,1-3,5,7-10H2,(H,20,23)/t12-/m1/s1. The van der Waals surface area contributed by atoms with Crippen LogP contribution in [0.4, 0.5) is 13.2 Å². The maximum absolute atomic E-state index is 12.3. The van der Waals surface area contributed by atoms with Crippen LogP contribution in [0.25, 0.3) is 0 Å². The molecule has 1 amide bonds. The summed E-state index contributed by atoms with van der Waals surface area (Å²) in [5, 5.41) is 2.79. The molecule has 2 heterocycles. The van der Waals surface area contributed by atoms with E-state index < -0.39 is 12.6 Å². The zero-order valence-corrected chi connectivity index (χ0v) is 12.9. The minimum absolute atomic E-state index is 0.0628. The Bertz CT molecular complexity index is 495. The molecule has 0 spiro atoms. The van der Waals surface area contributed by atoms with Crippen molar-refractivity contribution < 1.29 is 18.0 Å². The molecular formula is C15H21F3N4O. The summed E-state index contributed by atoms with van der Waals surface area (Å²) in [5.74, 6) is 0.0693. The third-order valence-corrected chi connectivity index (χ3v) is 3.97. The SMILES string of the molecule is O=C(NCC[C@H]1CCCN(CCC(F)(F)F)C1)c1ccncn1. The van der Waals surface area contributed by atoms with Crippen molar-refractivity contribution in [2.24, 2.45) is 5.92 Å². The summed E-state index contributed by atoms with van der Waals surface area (Å²) in [5.41, 5.74) is 0.315. The van der Waals surface area contributed by atoms with Crippen LogP contribution in [0.3, 0.4) is 0 Å². The van der Waals surface area contributed by atoms with Crippen LogP contribution in [0.1, 0.15) is 36.2 Å². The number of nitrogens with zero attached hydrogens (tertiary/aromatic N) is 3. The highest BCUT2D eigenvalue weighted by molar-refractivity contribution is 5.91. The first-order chi connectivity index (χ1) is 10.9. The molecule has 2 rings (SSSR count). The number of aromatic nitrogens is 2. The normalized spacial score (nSPS) is 19.5. The first-order valence-electron chi connectivity index (χ1n) is 7.77. The van der Waals surface area contributed by atoms with Crippen LogP contribution >= 0.6 is 0 Å². The molecule has 1 N–H and O–H groups in total. The second kappa shape index (κ2) is 8.24. The van der Waals surface area contributed by atoms with Gasteiger partial charge in [-0.3, -0.25) is 4.79 Å². The third-order valence-electron chi connectivity index (χ3n) is 3.97. The van der Waals surface area contributed by atoms with Gasteiger partial charge in [-0.25, -0.2) is 9.97 Å². The summed E-state index contributed by atoms with van der Waals surface area (Å²) >= 11 is 0. The van der Waals surface area contributed by atoms with Crippen molar-refractivity contribution in [3.8, 4) is 0 Å². The fourth-order valence-corrected chi connectivity index (χ4v) is 2.78. The lowest BCUT2D eigenvalue weighted by Crippen LogP contribution is -2.38. The molecule has 0 aliphatic carbocycles. The number of likely N-dealkylation sites (tertiary alicyclic amines) is 1. The van der Waals surface area contributed by atoms with Crippen molar-refractivity contribution >= 4 is 5.91 Å². The molecule has 1 aliphatic rings. The molecule has 1 aromatic rings. The van der Waals surface area contributed by atoms with E-state index in [1.54, 1.807) is 0 Å². The Morgan fingerprint density at radius 3 is 2.96 bits per heavy atom. The quantitative estimate of drug-likeness (QED) is 0.869. The number of hydrogen-bond donors (Lipinski definition) is 1. The third kappa shape index (κ3) is 6.52. The molecule has 0 bridgehead atoms. The van der Waals surface area contributed by atoms with Gasteiger partial charge in [-0.15, -0.1) is 0 Å². The van der Waals surface area contributed by atoms with Crippen LogP contribution in [0.2, 0.25) is 0 Å². The molecule has 1 fully saturated rings. The molecule has 23 heavy (non-hydrogen) atoms. The summed E-state index contributed by atoms with van der Waals surface area (Å²) in [6.07, 6.45) is 0.617. The van der Waals surface area contributed by atoms with Crippen molar-refractivity contribution in [2.45, 2.75) is 31.9 Å². The average molecular weight is 330 g/mol. The number of carbonyl (C=O) groups is 1. The summed E-state index contributed by atoms with van der Waals surface area (Å²) in [6.45, 7) is 1.95. The van der Waals surface area contributed by atoms with E-state index in [0.29, 0.717) is 24.7 Å². The van der Waals surface area contributed by atoms with E-state index in [1.807, 2.05) is 4.90 Å². The van der Waals surface area contributed by atoms with E-state index in [1.165, 1.54) is 18.6 Å². The van der Waals surface area contributed by atoms with Gasteiger partial charge >= 0.3 is 6.18 Å². The molecule has 1 aromatic heterocycles. The number of piperidine rings is 1. The van der Waals surface area contributed by atoms with Gasteiger partial charge in [0.15, 0.2) is 0 Å². The lowest BCUT2D eigenvalue weighted by Gasteiger charge is -2.33. The lowest BCUT2D eigenvalue weighted by molar-refractivity contribution is -0.138. The van der Waals surface area contributed by atoms with E-state index >= 15 is 0 Å². The van der Waals surface area contributed by atoms with Crippen LogP contribution in [0, 0.1) is 5.92 Å². The summed E-state index contributed by atoms with van der Waals surface area (Å²) < 4.78 is 36.8.